The molecule has 78 valence electrons. The Balaban J connectivity index is 1.81. The lowest BCUT2D eigenvalue weighted by Gasteiger charge is -1.99. The minimum absolute atomic E-state index is 0.731. The largest absolute Gasteiger partial charge is 0.184 e. The molecule has 0 bridgehead atoms. The van der Waals surface area contributed by atoms with Crippen LogP contribution in [0.15, 0.2) is 24.3 Å². The van der Waals surface area contributed by atoms with E-state index in [0.717, 1.165) is 22.4 Å². The second-order valence-corrected chi connectivity index (χ2v) is 4.37. The number of hydrogen-bond acceptors (Lipinski definition) is 4. The number of rotatable bonds is 4. The van der Waals surface area contributed by atoms with Crippen molar-refractivity contribution in [3.8, 4) is 0 Å². The molecule has 0 unspecified atom stereocenters. The van der Waals surface area contributed by atoms with Gasteiger partial charge in [0.2, 0.25) is 0 Å². The van der Waals surface area contributed by atoms with Gasteiger partial charge in [-0.15, -0.1) is 22.0 Å². The van der Waals surface area contributed by atoms with Gasteiger partial charge in [-0.2, -0.15) is 5.21 Å². The molecule has 0 atom stereocenters. The number of aromatic amines is 1. The summed E-state index contributed by atoms with van der Waals surface area (Å²) in [5.41, 5.74) is 1.24. The Bertz CT molecular complexity index is 401. The van der Waals surface area contributed by atoms with E-state index in [4.69, 9.17) is 11.6 Å². The smallest absolute Gasteiger partial charge is 0.177 e. The van der Waals surface area contributed by atoms with Crippen LogP contribution in [-0.4, -0.2) is 20.6 Å². The van der Waals surface area contributed by atoms with Gasteiger partial charge in [-0.25, -0.2) is 0 Å². The molecule has 2 aromatic rings. The molecule has 1 aromatic carbocycles. The molecule has 0 aliphatic carbocycles. The standard InChI is InChI=1S/C9H9ClN4S/c10-8-3-1-7(2-4-8)5-15-6-9-11-13-14-12-9/h1-4H,5-6H2,(H,11,12,13,14). The molecular formula is C9H9ClN4S. The lowest BCUT2D eigenvalue weighted by Crippen LogP contribution is -1.86. The molecule has 1 aromatic heterocycles. The van der Waals surface area contributed by atoms with Crippen LogP contribution in [-0.2, 0) is 11.5 Å². The first-order chi connectivity index (χ1) is 7.34. The highest BCUT2D eigenvalue weighted by Gasteiger charge is 1.99. The van der Waals surface area contributed by atoms with Gasteiger partial charge in [-0.05, 0) is 17.7 Å². The minimum atomic E-state index is 0.731. The number of hydrogen-bond donors (Lipinski definition) is 1. The van der Waals surface area contributed by atoms with E-state index in [1.165, 1.54) is 5.56 Å². The fourth-order valence-electron chi connectivity index (χ4n) is 1.08. The Hall–Kier alpha value is -1.07. The molecule has 6 heteroatoms. The molecule has 0 aliphatic heterocycles. The zero-order valence-corrected chi connectivity index (χ0v) is 9.42. The van der Waals surface area contributed by atoms with Gasteiger partial charge in [0.05, 0.1) is 5.75 Å². The topological polar surface area (TPSA) is 54.5 Å². The Morgan fingerprint density at radius 2 is 2.00 bits per heavy atom. The van der Waals surface area contributed by atoms with Gasteiger partial charge in [0, 0.05) is 10.8 Å². The van der Waals surface area contributed by atoms with Crippen molar-refractivity contribution in [2.75, 3.05) is 0 Å². The number of benzene rings is 1. The summed E-state index contributed by atoms with van der Waals surface area (Å²) in [5, 5.41) is 14.4. The first kappa shape index (κ1) is 10.4. The van der Waals surface area contributed by atoms with Crippen molar-refractivity contribution in [3.63, 3.8) is 0 Å². The number of H-pyrrole nitrogens is 1. The Morgan fingerprint density at radius 1 is 1.20 bits per heavy atom. The van der Waals surface area contributed by atoms with Crippen molar-refractivity contribution in [1.29, 1.82) is 0 Å². The van der Waals surface area contributed by atoms with E-state index in [1.54, 1.807) is 11.8 Å². The SMILES string of the molecule is Clc1ccc(CSCc2nn[nH]n2)cc1. The highest BCUT2D eigenvalue weighted by molar-refractivity contribution is 7.97. The zero-order chi connectivity index (χ0) is 10.5. The molecule has 0 saturated heterocycles. The van der Waals surface area contributed by atoms with Gasteiger partial charge in [-0.3, -0.25) is 0 Å². The Kier molecular flexibility index (Phi) is 3.58. The molecule has 0 amide bonds. The van der Waals surface area contributed by atoms with Crippen molar-refractivity contribution >= 4 is 23.4 Å². The van der Waals surface area contributed by atoms with E-state index in [-0.39, 0.29) is 0 Å². The van der Waals surface area contributed by atoms with Crippen molar-refractivity contribution in [3.05, 3.63) is 40.7 Å². The van der Waals surface area contributed by atoms with Gasteiger partial charge in [-0.1, -0.05) is 28.9 Å². The number of aromatic nitrogens is 4. The van der Waals surface area contributed by atoms with Crippen LogP contribution in [0.5, 0.6) is 0 Å². The maximum absolute atomic E-state index is 5.79. The van der Waals surface area contributed by atoms with Crippen LogP contribution >= 0.6 is 23.4 Å². The first-order valence-electron chi connectivity index (χ1n) is 4.39. The predicted octanol–water partition coefficient (Wildman–Crippen LogP) is 2.29. The van der Waals surface area contributed by atoms with Crippen LogP contribution in [0.3, 0.4) is 0 Å². The number of nitrogens with zero attached hydrogens (tertiary/aromatic N) is 3. The van der Waals surface area contributed by atoms with E-state index >= 15 is 0 Å². The number of halogens is 1. The van der Waals surface area contributed by atoms with Gasteiger partial charge < -0.3 is 0 Å². The van der Waals surface area contributed by atoms with Gasteiger partial charge in [0.1, 0.15) is 0 Å². The summed E-state index contributed by atoms with van der Waals surface area (Å²) in [7, 11) is 0. The number of nitrogens with one attached hydrogen (secondary N) is 1. The summed E-state index contributed by atoms with van der Waals surface area (Å²) >= 11 is 7.53. The highest BCUT2D eigenvalue weighted by Crippen LogP contribution is 2.17. The van der Waals surface area contributed by atoms with Crippen LogP contribution in [0.1, 0.15) is 11.4 Å². The third-order valence-corrected chi connectivity index (χ3v) is 3.05. The first-order valence-corrected chi connectivity index (χ1v) is 5.92. The normalized spacial score (nSPS) is 10.5. The summed E-state index contributed by atoms with van der Waals surface area (Å²) in [6, 6.07) is 7.83. The summed E-state index contributed by atoms with van der Waals surface area (Å²) in [6.07, 6.45) is 0. The summed E-state index contributed by atoms with van der Waals surface area (Å²) in [5.74, 6) is 2.42. The van der Waals surface area contributed by atoms with Gasteiger partial charge in [0.25, 0.3) is 0 Å². The third-order valence-electron chi connectivity index (χ3n) is 1.80. The molecule has 4 nitrogen and oxygen atoms in total. The fourth-order valence-corrected chi connectivity index (χ4v) is 2.05. The Labute approximate surface area is 96.4 Å². The molecule has 15 heavy (non-hydrogen) atoms. The predicted molar refractivity (Wildman–Crippen MR) is 60.6 cm³/mol. The van der Waals surface area contributed by atoms with Gasteiger partial charge in [0.15, 0.2) is 5.82 Å². The summed E-state index contributed by atoms with van der Waals surface area (Å²) in [6.45, 7) is 0. The summed E-state index contributed by atoms with van der Waals surface area (Å²) < 4.78 is 0. The fraction of sp³-hybridized carbons (Fsp3) is 0.222. The quantitative estimate of drug-likeness (QED) is 0.891. The molecule has 1 N–H and O–H groups in total. The van der Waals surface area contributed by atoms with Crippen LogP contribution in [0.25, 0.3) is 0 Å². The lowest BCUT2D eigenvalue weighted by molar-refractivity contribution is 0.881. The number of thioether (sulfide) groups is 1. The summed E-state index contributed by atoms with van der Waals surface area (Å²) in [4.78, 5) is 0. The second-order valence-electron chi connectivity index (χ2n) is 2.95. The lowest BCUT2D eigenvalue weighted by atomic mass is 10.2. The molecule has 1 heterocycles. The maximum atomic E-state index is 5.79. The van der Waals surface area contributed by atoms with E-state index in [1.807, 2.05) is 24.3 Å². The van der Waals surface area contributed by atoms with Crippen LogP contribution in [0.4, 0.5) is 0 Å². The van der Waals surface area contributed by atoms with E-state index < -0.39 is 0 Å². The van der Waals surface area contributed by atoms with Crippen molar-refractivity contribution in [1.82, 2.24) is 20.6 Å². The molecule has 0 spiro atoms. The maximum Gasteiger partial charge on any atom is 0.184 e. The van der Waals surface area contributed by atoms with Crippen LogP contribution < -0.4 is 0 Å². The van der Waals surface area contributed by atoms with E-state index in [9.17, 15) is 0 Å². The second kappa shape index (κ2) is 5.14. The van der Waals surface area contributed by atoms with Crippen LogP contribution in [0.2, 0.25) is 5.02 Å². The Morgan fingerprint density at radius 3 is 2.67 bits per heavy atom. The van der Waals surface area contributed by atoms with Gasteiger partial charge >= 0.3 is 0 Å². The molecule has 0 fully saturated rings. The average molecular weight is 241 g/mol. The van der Waals surface area contributed by atoms with Crippen molar-refractivity contribution in [2.24, 2.45) is 0 Å². The molecule has 0 aliphatic rings. The monoisotopic (exact) mass is 240 g/mol. The van der Waals surface area contributed by atoms with Crippen molar-refractivity contribution in [2.45, 2.75) is 11.5 Å². The zero-order valence-electron chi connectivity index (χ0n) is 7.85. The van der Waals surface area contributed by atoms with E-state index in [2.05, 4.69) is 20.6 Å². The number of tetrazole rings is 1. The highest BCUT2D eigenvalue weighted by atomic mass is 35.5. The molecule has 0 saturated carbocycles. The average Bonchev–Trinajstić information content (AvgIpc) is 2.74. The van der Waals surface area contributed by atoms with Crippen LogP contribution in [0, 0.1) is 0 Å². The molecule has 2 rings (SSSR count). The molecule has 0 radical (unpaired) electrons. The van der Waals surface area contributed by atoms with E-state index in [0.29, 0.717) is 0 Å². The third kappa shape index (κ3) is 3.21. The van der Waals surface area contributed by atoms with Crippen molar-refractivity contribution < 1.29 is 0 Å². The molecular weight excluding hydrogens is 232 g/mol. The minimum Gasteiger partial charge on any atom is -0.177 e.